The Kier molecular flexibility index (Phi) is 5.24. The van der Waals surface area contributed by atoms with Crippen molar-refractivity contribution in [3.05, 3.63) is 81.4 Å². The number of hydrogen-bond acceptors (Lipinski definition) is 5. The molecule has 0 spiro atoms. The average molecular weight is 424 g/mol. The number of anilines is 1. The van der Waals surface area contributed by atoms with Crippen molar-refractivity contribution >= 4 is 34.6 Å². The summed E-state index contributed by atoms with van der Waals surface area (Å²) in [7, 11) is 0. The quantitative estimate of drug-likeness (QED) is 0.513. The Balaban J connectivity index is 1.80. The minimum absolute atomic E-state index is 0.0517. The topological polar surface area (TPSA) is 102 Å². The van der Waals surface area contributed by atoms with E-state index in [0.29, 0.717) is 34.8 Å². The molecule has 0 atom stereocenters. The number of hydrogen-bond donors (Lipinski definition) is 2. The van der Waals surface area contributed by atoms with Crippen molar-refractivity contribution in [2.24, 2.45) is 0 Å². The van der Waals surface area contributed by atoms with Crippen LogP contribution in [0.15, 0.2) is 59.7 Å². The summed E-state index contributed by atoms with van der Waals surface area (Å²) in [6, 6.07) is 13.0. The molecule has 0 saturated heterocycles. The second kappa shape index (κ2) is 8.00. The SMILES string of the molecule is CCn1cnc2c1c(=O)nc(NC(=O)c1ccc(O)cc1)n2Cc1ccc(Cl)cc1. The van der Waals surface area contributed by atoms with Crippen LogP contribution < -0.4 is 10.9 Å². The van der Waals surface area contributed by atoms with Crippen LogP contribution in [0.2, 0.25) is 5.02 Å². The van der Waals surface area contributed by atoms with Gasteiger partial charge in [-0.3, -0.25) is 19.5 Å². The smallest absolute Gasteiger partial charge is 0.300 e. The third kappa shape index (κ3) is 3.77. The molecule has 4 aromatic rings. The highest BCUT2D eigenvalue weighted by Gasteiger charge is 2.18. The van der Waals surface area contributed by atoms with Gasteiger partial charge >= 0.3 is 5.56 Å². The van der Waals surface area contributed by atoms with Gasteiger partial charge in [0.15, 0.2) is 11.2 Å². The first-order valence-corrected chi connectivity index (χ1v) is 9.64. The van der Waals surface area contributed by atoms with Crippen molar-refractivity contribution < 1.29 is 9.90 Å². The maximum absolute atomic E-state index is 12.7. The summed E-state index contributed by atoms with van der Waals surface area (Å²) in [4.78, 5) is 33.9. The van der Waals surface area contributed by atoms with E-state index in [4.69, 9.17) is 11.6 Å². The van der Waals surface area contributed by atoms with Crippen molar-refractivity contribution in [1.82, 2.24) is 19.1 Å². The number of nitrogens with one attached hydrogen (secondary N) is 1. The molecule has 4 rings (SSSR count). The lowest BCUT2D eigenvalue weighted by Crippen LogP contribution is -2.24. The lowest BCUT2D eigenvalue weighted by atomic mass is 10.2. The van der Waals surface area contributed by atoms with Crippen LogP contribution in [-0.2, 0) is 13.1 Å². The van der Waals surface area contributed by atoms with Crippen LogP contribution in [0.4, 0.5) is 5.95 Å². The molecule has 0 aliphatic rings. The fourth-order valence-corrected chi connectivity index (χ4v) is 3.27. The fraction of sp³-hybridized carbons (Fsp3) is 0.143. The van der Waals surface area contributed by atoms with Crippen LogP contribution in [0.25, 0.3) is 11.2 Å². The highest BCUT2D eigenvalue weighted by molar-refractivity contribution is 6.30. The number of aromatic hydroxyl groups is 1. The summed E-state index contributed by atoms with van der Waals surface area (Å²) in [6.07, 6.45) is 1.58. The van der Waals surface area contributed by atoms with Gasteiger partial charge in [0.2, 0.25) is 5.95 Å². The Bertz CT molecular complexity index is 1280. The Morgan fingerprint density at radius 3 is 2.50 bits per heavy atom. The van der Waals surface area contributed by atoms with Crippen LogP contribution in [-0.4, -0.2) is 30.1 Å². The van der Waals surface area contributed by atoms with E-state index in [1.165, 1.54) is 24.3 Å². The number of carbonyl (C=O) groups excluding carboxylic acids is 1. The summed E-state index contributed by atoms with van der Waals surface area (Å²) in [5.74, 6) is -0.321. The molecule has 2 N–H and O–H groups in total. The van der Waals surface area contributed by atoms with Crippen molar-refractivity contribution in [1.29, 1.82) is 0 Å². The number of phenolic OH excluding ortho intramolecular Hbond substituents is 1. The first-order chi connectivity index (χ1) is 14.5. The molecule has 1 amide bonds. The van der Waals surface area contributed by atoms with E-state index >= 15 is 0 Å². The van der Waals surface area contributed by atoms with Crippen molar-refractivity contribution in [2.45, 2.75) is 20.0 Å². The van der Waals surface area contributed by atoms with Gasteiger partial charge in [-0.05, 0) is 48.9 Å². The van der Waals surface area contributed by atoms with Gasteiger partial charge in [-0.1, -0.05) is 23.7 Å². The molecule has 2 aromatic heterocycles. The molecule has 2 aromatic carbocycles. The second-order valence-corrected chi connectivity index (χ2v) is 7.09. The second-order valence-electron chi connectivity index (χ2n) is 6.66. The van der Waals surface area contributed by atoms with Crippen molar-refractivity contribution in [2.75, 3.05) is 5.32 Å². The van der Waals surface area contributed by atoms with Crippen LogP contribution >= 0.6 is 11.6 Å². The number of benzene rings is 2. The molecule has 30 heavy (non-hydrogen) atoms. The number of carbonyl (C=O) groups is 1. The highest BCUT2D eigenvalue weighted by atomic mass is 35.5. The zero-order chi connectivity index (χ0) is 21.3. The molecular formula is C21H18ClN5O3. The average Bonchev–Trinajstić information content (AvgIpc) is 3.17. The van der Waals surface area contributed by atoms with E-state index in [9.17, 15) is 14.7 Å². The molecule has 8 nitrogen and oxygen atoms in total. The summed E-state index contributed by atoms with van der Waals surface area (Å²) < 4.78 is 3.40. The van der Waals surface area contributed by atoms with Gasteiger partial charge in [0.05, 0.1) is 12.9 Å². The molecular weight excluding hydrogens is 406 g/mol. The van der Waals surface area contributed by atoms with Crippen LogP contribution in [0.3, 0.4) is 0 Å². The number of fused-ring (bicyclic) bond motifs is 1. The van der Waals surface area contributed by atoms with Crippen LogP contribution in [0.5, 0.6) is 5.75 Å². The third-order valence-electron chi connectivity index (χ3n) is 4.69. The highest BCUT2D eigenvalue weighted by Crippen LogP contribution is 2.19. The van der Waals surface area contributed by atoms with E-state index in [-0.39, 0.29) is 11.7 Å². The maximum Gasteiger partial charge on any atom is 0.300 e. The zero-order valence-corrected chi connectivity index (χ0v) is 16.8. The Hall–Kier alpha value is -3.65. The van der Waals surface area contributed by atoms with Crippen LogP contribution in [0.1, 0.15) is 22.8 Å². The van der Waals surface area contributed by atoms with Gasteiger partial charge in [0.25, 0.3) is 5.91 Å². The fourth-order valence-electron chi connectivity index (χ4n) is 3.14. The maximum atomic E-state index is 12.7. The Labute approximate surface area is 176 Å². The van der Waals surface area contributed by atoms with Gasteiger partial charge in [-0.15, -0.1) is 0 Å². The van der Waals surface area contributed by atoms with E-state index in [1.54, 1.807) is 27.6 Å². The predicted octanol–water partition coefficient (Wildman–Crippen LogP) is 3.27. The van der Waals surface area contributed by atoms with Crippen molar-refractivity contribution in [3.63, 3.8) is 0 Å². The largest absolute Gasteiger partial charge is 0.508 e. The van der Waals surface area contributed by atoms with Gasteiger partial charge in [0, 0.05) is 17.1 Å². The first-order valence-electron chi connectivity index (χ1n) is 9.26. The molecule has 152 valence electrons. The minimum Gasteiger partial charge on any atom is -0.508 e. The van der Waals surface area contributed by atoms with Gasteiger partial charge < -0.3 is 9.67 Å². The minimum atomic E-state index is -0.474. The third-order valence-corrected chi connectivity index (χ3v) is 4.94. The molecule has 0 aliphatic carbocycles. The number of aromatic nitrogens is 4. The van der Waals surface area contributed by atoms with E-state index in [2.05, 4.69) is 15.3 Å². The molecule has 0 fully saturated rings. The number of rotatable bonds is 5. The molecule has 0 unspecified atom stereocenters. The number of aryl methyl sites for hydroxylation is 1. The summed E-state index contributed by atoms with van der Waals surface area (Å²) in [6.45, 7) is 2.80. The van der Waals surface area contributed by atoms with E-state index in [0.717, 1.165) is 5.56 Å². The van der Waals surface area contributed by atoms with Gasteiger partial charge in [-0.2, -0.15) is 4.98 Å². The number of phenols is 1. The number of amides is 1. The van der Waals surface area contributed by atoms with Gasteiger partial charge in [0.1, 0.15) is 5.75 Å². The summed E-state index contributed by atoms with van der Waals surface area (Å²) in [5.41, 5.74) is 1.54. The standard InChI is InChI=1S/C21H18ClN5O3/c1-2-26-12-23-18-17(26)20(30)25-21(24-19(29)14-5-9-16(28)10-6-14)27(18)11-13-3-7-15(22)8-4-13/h3-10,12,28H,2,11H2,1H3,(H,24,25,29,30). The van der Waals surface area contributed by atoms with Crippen LogP contribution in [0, 0.1) is 0 Å². The molecule has 0 saturated carbocycles. The summed E-state index contributed by atoms with van der Waals surface area (Å²) in [5, 5.41) is 12.7. The lowest BCUT2D eigenvalue weighted by Gasteiger charge is -2.15. The van der Waals surface area contributed by atoms with Crippen molar-refractivity contribution in [3.8, 4) is 5.75 Å². The first kappa shape index (κ1) is 19.7. The molecule has 0 bridgehead atoms. The molecule has 2 heterocycles. The molecule has 0 aliphatic heterocycles. The number of imidazole rings is 1. The number of nitrogens with zero attached hydrogens (tertiary/aromatic N) is 4. The van der Waals surface area contributed by atoms with E-state index < -0.39 is 11.5 Å². The summed E-state index contributed by atoms with van der Waals surface area (Å²) >= 11 is 5.98. The Morgan fingerprint density at radius 2 is 1.83 bits per heavy atom. The van der Waals surface area contributed by atoms with E-state index in [1.807, 2.05) is 19.1 Å². The van der Waals surface area contributed by atoms with Gasteiger partial charge in [-0.25, -0.2) is 4.98 Å². The predicted molar refractivity (Wildman–Crippen MR) is 114 cm³/mol. The number of halogens is 1. The molecule has 0 radical (unpaired) electrons. The molecule has 9 heteroatoms. The monoisotopic (exact) mass is 423 g/mol. The zero-order valence-electron chi connectivity index (χ0n) is 16.0. The normalized spacial score (nSPS) is 11.0. The lowest BCUT2D eigenvalue weighted by molar-refractivity contribution is 0.102. The Morgan fingerprint density at radius 1 is 1.13 bits per heavy atom.